The molecule has 2 heteroatoms. The van der Waals surface area contributed by atoms with Crippen molar-refractivity contribution in [1.82, 2.24) is 9.97 Å². The molecule has 0 spiro atoms. The molecule has 0 bridgehead atoms. The summed E-state index contributed by atoms with van der Waals surface area (Å²) in [4.78, 5) is 9.33. The van der Waals surface area contributed by atoms with E-state index >= 15 is 0 Å². The first-order chi connectivity index (χ1) is 15.2. The maximum absolute atomic E-state index is 4.67. The van der Waals surface area contributed by atoms with Gasteiger partial charge in [-0.05, 0) is 54.7 Å². The van der Waals surface area contributed by atoms with E-state index in [-0.39, 0.29) is 0 Å². The van der Waals surface area contributed by atoms with Gasteiger partial charge in [0, 0.05) is 24.4 Å². The lowest BCUT2D eigenvalue weighted by molar-refractivity contribution is 0.265. The molecule has 3 rings (SSSR count). The first kappa shape index (κ1) is 24.0. The van der Waals surface area contributed by atoms with Crippen molar-refractivity contribution in [2.24, 2.45) is 0 Å². The summed E-state index contributed by atoms with van der Waals surface area (Å²) in [5.74, 6) is 0.991. The third-order valence-electron chi connectivity index (χ3n) is 7.41. The average Bonchev–Trinajstić information content (AvgIpc) is 2.80. The lowest BCUT2D eigenvalue weighted by Crippen LogP contribution is -2.30. The average molecular weight is 421 g/mol. The minimum Gasteiger partial charge on any atom is -0.241 e. The van der Waals surface area contributed by atoms with E-state index < -0.39 is 0 Å². The van der Waals surface area contributed by atoms with Crippen LogP contribution in [-0.4, -0.2) is 9.97 Å². The van der Waals surface area contributed by atoms with Gasteiger partial charge in [-0.2, -0.15) is 0 Å². The topological polar surface area (TPSA) is 25.8 Å². The molecule has 170 valence electrons. The van der Waals surface area contributed by atoms with E-state index in [9.17, 15) is 0 Å². The first-order valence-corrected chi connectivity index (χ1v) is 13.1. The Morgan fingerprint density at radius 3 is 2.13 bits per heavy atom. The van der Waals surface area contributed by atoms with Gasteiger partial charge in [0.25, 0.3) is 0 Å². The highest BCUT2D eigenvalue weighted by Gasteiger charge is 2.34. The van der Waals surface area contributed by atoms with Gasteiger partial charge in [0.1, 0.15) is 5.82 Å². The fourth-order valence-corrected chi connectivity index (χ4v) is 5.55. The summed E-state index contributed by atoms with van der Waals surface area (Å²) in [6.45, 7) is 6.89. The van der Waals surface area contributed by atoms with Crippen molar-refractivity contribution in [2.45, 2.75) is 122 Å². The molecule has 1 saturated carbocycles. The number of benzene rings is 1. The zero-order valence-electron chi connectivity index (χ0n) is 20.4. The van der Waals surface area contributed by atoms with Crippen molar-refractivity contribution in [1.29, 1.82) is 0 Å². The zero-order valence-corrected chi connectivity index (χ0v) is 20.4. The fourth-order valence-electron chi connectivity index (χ4n) is 5.55. The van der Waals surface area contributed by atoms with Crippen molar-refractivity contribution >= 4 is 0 Å². The van der Waals surface area contributed by atoms with Crippen LogP contribution in [0.15, 0.2) is 30.6 Å². The lowest BCUT2D eigenvalue weighted by Gasteiger charge is -2.39. The third-order valence-corrected chi connectivity index (χ3v) is 7.41. The second-order valence-corrected chi connectivity index (χ2v) is 9.88. The first-order valence-electron chi connectivity index (χ1n) is 13.1. The standard InChI is InChI=1S/C29H44N2/c1-4-6-8-9-11-15-28-30-22-26(23-31-28)25-16-17-27(24(3)21-25)29(18-12-7-5-2)19-13-10-14-20-29/h16-17,21-23H,4-15,18-20H2,1-3H3. The summed E-state index contributed by atoms with van der Waals surface area (Å²) in [7, 11) is 0. The van der Waals surface area contributed by atoms with E-state index in [0.717, 1.165) is 17.8 Å². The van der Waals surface area contributed by atoms with Gasteiger partial charge in [-0.1, -0.05) is 96.3 Å². The molecule has 1 fully saturated rings. The number of hydrogen-bond donors (Lipinski definition) is 0. The van der Waals surface area contributed by atoms with Crippen LogP contribution in [0.1, 0.15) is 121 Å². The van der Waals surface area contributed by atoms with Crippen molar-refractivity contribution < 1.29 is 0 Å². The number of aryl methyl sites for hydroxylation is 2. The quantitative estimate of drug-likeness (QED) is 0.321. The van der Waals surface area contributed by atoms with E-state index in [2.05, 4.69) is 48.9 Å². The molecule has 0 aliphatic heterocycles. The molecule has 1 aromatic carbocycles. The van der Waals surface area contributed by atoms with Crippen LogP contribution in [0.5, 0.6) is 0 Å². The molecular weight excluding hydrogens is 376 g/mol. The number of nitrogens with zero attached hydrogens (tertiary/aromatic N) is 2. The van der Waals surface area contributed by atoms with Crippen molar-refractivity contribution in [3.63, 3.8) is 0 Å². The molecule has 1 aliphatic rings. The molecule has 0 atom stereocenters. The molecule has 0 saturated heterocycles. The molecule has 1 aliphatic carbocycles. The number of rotatable bonds is 12. The summed E-state index contributed by atoms with van der Waals surface area (Å²) in [6, 6.07) is 7.14. The van der Waals surface area contributed by atoms with Gasteiger partial charge >= 0.3 is 0 Å². The minimum absolute atomic E-state index is 0.411. The van der Waals surface area contributed by atoms with Crippen LogP contribution in [-0.2, 0) is 11.8 Å². The molecule has 1 aromatic heterocycles. The molecule has 1 heterocycles. The molecule has 0 amide bonds. The van der Waals surface area contributed by atoms with E-state index in [1.165, 1.54) is 101 Å². The van der Waals surface area contributed by atoms with Crippen LogP contribution in [0.2, 0.25) is 0 Å². The van der Waals surface area contributed by atoms with Crippen molar-refractivity contribution in [3.8, 4) is 11.1 Å². The predicted octanol–water partition coefficient (Wildman–Crippen LogP) is 8.75. The van der Waals surface area contributed by atoms with Crippen LogP contribution in [0.3, 0.4) is 0 Å². The molecule has 31 heavy (non-hydrogen) atoms. The highest BCUT2D eigenvalue weighted by atomic mass is 14.9. The Labute approximate surface area is 191 Å². The summed E-state index contributed by atoms with van der Waals surface area (Å²) in [5.41, 5.74) is 5.88. The van der Waals surface area contributed by atoms with E-state index in [1.54, 1.807) is 5.56 Å². The Kier molecular flexibility index (Phi) is 9.55. The van der Waals surface area contributed by atoms with Gasteiger partial charge < -0.3 is 0 Å². The summed E-state index contributed by atoms with van der Waals surface area (Å²) in [5, 5.41) is 0. The molecule has 0 unspecified atom stereocenters. The molecule has 2 nitrogen and oxygen atoms in total. The third kappa shape index (κ3) is 6.64. The number of unbranched alkanes of at least 4 members (excludes halogenated alkanes) is 6. The highest BCUT2D eigenvalue weighted by Crippen LogP contribution is 2.45. The van der Waals surface area contributed by atoms with Gasteiger partial charge in [-0.15, -0.1) is 0 Å². The Balaban J connectivity index is 1.69. The Bertz CT molecular complexity index is 772. The van der Waals surface area contributed by atoms with Gasteiger partial charge in [0.2, 0.25) is 0 Å². The van der Waals surface area contributed by atoms with Crippen LogP contribution < -0.4 is 0 Å². The highest BCUT2D eigenvalue weighted by molar-refractivity contribution is 5.63. The van der Waals surface area contributed by atoms with Gasteiger partial charge in [0.15, 0.2) is 0 Å². The van der Waals surface area contributed by atoms with Crippen molar-refractivity contribution in [3.05, 3.63) is 47.5 Å². The summed E-state index contributed by atoms with van der Waals surface area (Å²) < 4.78 is 0. The van der Waals surface area contributed by atoms with Gasteiger partial charge in [-0.3, -0.25) is 0 Å². The SMILES string of the molecule is CCCCCCCc1ncc(-c2ccc(C3(CCCCC)CCCCC3)c(C)c2)cn1. The monoisotopic (exact) mass is 420 g/mol. The van der Waals surface area contributed by atoms with Crippen LogP contribution in [0.25, 0.3) is 11.1 Å². The second-order valence-electron chi connectivity index (χ2n) is 9.88. The van der Waals surface area contributed by atoms with E-state index in [0.29, 0.717) is 5.41 Å². The maximum Gasteiger partial charge on any atom is 0.128 e. The zero-order chi connectivity index (χ0) is 21.9. The van der Waals surface area contributed by atoms with Crippen molar-refractivity contribution in [2.75, 3.05) is 0 Å². The Morgan fingerprint density at radius 2 is 1.45 bits per heavy atom. The summed E-state index contributed by atoms with van der Waals surface area (Å²) >= 11 is 0. The molecular formula is C29H44N2. The minimum atomic E-state index is 0.411. The van der Waals surface area contributed by atoms with Crippen LogP contribution in [0.4, 0.5) is 0 Å². The van der Waals surface area contributed by atoms with Crippen LogP contribution in [0, 0.1) is 6.92 Å². The van der Waals surface area contributed by atoms with Gasteiger partial charge in [-0.25, -0.2) is 9.97 Å². The fraction of sp³-hybridized carbons (Fsp3) is 0.655. The number of aromatic nitrogens is 2. The Morgan fingerprint density at radius 1 is 0.774 bits per heavy atom. The largest absolute Gasteiger partial charge is 0.241 e. The van der Waals surface area contributed by atoms with E-state index in [1.807, 2.05) is 12.4 Å². The maximum atomic E-state index is 4.67. The molecule has 0 radical (unpaired) electrons. The lowest BCUT2D eigenvalue weighted by atomic mass is 9.65. The normalized spacial score (nSPS) is 15.8. The Hall–Kier alpha value is -1.70. The molecule has 2 aromatic rings. The second kappa shape index (κ2) is 12.4. The van der Waals surface area contributed by atoms with E-state index in [4.69, 9.17) is 0 Å². The van der Waals surface area contributed by atoms with Gasteiger partial charge in [0.05, 0.1) is 0 Å². The predicted molar refractivity (Wildman–Crippen MR) is 134 cm³/mol. The number of hydrogen-bond acceptors (Lipinski definition) is 2. The summed E-state index contributed by atoms with van der Waals surface area (Å²) in [6.07, 6.45) is 23.8. The van der Waals surface area contributed by atoms with Crippen LogP contribution >= 0.6 is 0 Å². The molecule has 0 N–H and O–H groups in total. The smallest absolute Gasteiger partial charge is 0.128 e.